The van der Waals surface area contributed by atoms with Crippen molar-refractivity contribution in [2.45, 2.75) is 27.2 Å². The highest BCUT2D eigenvalue weighted by Crippen LogP contribution is 2.09. The standard InChI is InChI=1S/C18H20N2O/c1-13-9-10-17(11-14(13)2)18(21)20-19-15(3)12-16-7-5-4-6-8-16/h4-11H,12H2,1-3H3,(H,20,21)/b19-15+. The highest BCUT2D eigenvalue weighted by atomic mass is 16.2. The number of carbonyl (C=O) groups is 1. The lowest BCUT2D eigenvalue weighted by Crippen LogP contribution is -2.19. The van der Waals surface area contributed by atoms with Gasteiger partial charge in [-0.25, -0.2) is 5.43 Å². The summed E-state index contributed by atoms with van der Waals surface area (Å²) in [6.07, 6.45) is 0.730. The summed E-state index contributed by atoms with van der Waals surface area (Å²) in [7, 11) is 0. The minimum absolute atomic E-state index is 0.175. The van der Waals surface area contributed by atoms with Crippen molar-refractivity contribution in [3.63, 3.8) is 0 Å². The van der Waals surface area contributed by atoms with E-state index >= 15 is 0 Å². The number of nitrogens with zero attached hydrogens (tertiary/aromatic N) is 1. The van der Waals surface area contributed by atoms with Crippen LogP contribution in [0.1, 0.15) is 34.0 Å². The summed E-state index contributed by atoms with van der Waals surface area (Å²) in [5.41, 5.74) is 7.58. The average Bonchev–Trinajstić information content (AvgIpc) is 2.48. The van der Waals surface area contributed by atoms with Gasteiger partial charge in [0.2, 0.25) is 0 Å². The molecule has 0 fully saturated rings. The van der Waals surface area contributed by atoms with Gasteiger partial charge in [0.15, 0.2) is 0 Å². The van der Waals surface area contributed by atoms with Crippen molar-refractivity contribution in [1.82, 2.24) is 5.43 Å². The van der Waals surface area contributed by atoms with Gasteiger partial charge in [-0.3, -0.25) is 4.79 Å². The van der Waals surface area contributed by atoms with Crippen LogP contribution in [0, 0.1) is 13.8 Å². The minimum atomic E-state index is -0.175. The topological polar surface area (TPSA) is 41.5 Å². The van der Waals surface area contributed by atoms with Gasteiger partial charge in [-0.05, 0) is 49.6 Å². The largest absolute Gasteiger partial charge is 0.271 e. The molecule has 0 aliphatic rings. The fourth-order valence-corrected chi connectivity index (χ4v) is 2.02. The lowest BCUT2D eigenvalue weighted by Gasteiger charge is -2.05. The molecule has 2 aromatic rings. The smallest absolute Gasteiger partial charge is 0.267 e. The molecule has 0 aromatic heterocycles. The quantitative estimate of drug-likeness (QED) is 0.674. The first kappa shape index (κ1) is 15.0. The highest BCUT2D eigenvalue weighted by Gasteiger charge is 2.05. The van der Waals surface area contributed by atoms with E-state index in [2.05, 4.69) is 10.5 Å². The van der Waals surface area contributed by atoms with Crippen LogP contribution in [0.25, 0.3) is 0 Å². The molecule has 21 heavy (non-hydrogen) atoms. The van der Waals surface area contributed by atoms with E-state index in [0.29, 0.717) is 5.56 Å². The van der Waals surface area contributed by atoms with Gasteiger partial charge in [-0.1, -0.05) is 36.4 Å². The second-order valence-corrected chi connectivity index (χ2v) is 5.25. The molecule has 0 heterocycles. The molecule has 0 bridgehead atoms. The van der Waals surface area contributed by atoms with Crippen LogP contribution in [0.5, 0.6) is 0 Å². The third kappa shape index (κ3) is 4.28. The van der Waals surface area contributed by atoms with E-state index in [0.717, 1.165) is 17.7 Å². The molecule has 0 aliphatic carbocycles. The molecule has 0 saturated heterocycles. The van der Waals surface area contributed by atoms with Gasteiger partial charge >= 0.3 is 0 Å². The summed E-state index contributed by atoms with van der Waals surface area (Å²) in [4.78, 5) is 12.0. The van der Waals surface area contributed by atoms with Gasteiger partial charge in [0.1, 0.15) is 0 Å². The zero-order valence-electron chi connectivity index (χ0n) is 12.7. The van der Waals surface area contributed by atoms with Crippen LogP contribution in [0.15, 0.2) is 53.6 Å². The second-order valence-electron chi connectivity index (χ2n) is 5.25. The Morgan fingerprint density at radius 3 is 2.43 bits per heavy atom. The van der Waals surface area contributed by atoms with Crippen molar-refractivity contribution in [1.29, 1.82) is 0 Å². The molecule has 0 aliphatic heterocycles. The van der Waals surface area contributed by atoms with Crippen LogP contribution >= 0.6 is 0 Å². The Labute approximate surface area is 125 Å². The molecule has 0 radical (unpaired) electrons. The maximum Gasteiger partial charge on any atom is 0.271 e. The van der Waals surface area contributed by atoms with Crippen molar-refractivity contribution in [3.8, 4) is 0 Å². The number of benzene rings is 2. The van der Waals surface area contributed by atoms with Crippen LogP contribution in [-0.2, 0) is 6.42 Å². The zero-order chi connectivity index (χ0) is 15.2. The van der Waals surface area contributed by atoms with Crippen molar-refractivity contribution >= 4 is 11.6 Å². The Balaban J connectivity index is 1.99. The van der Waals surface area contributed by atoms with E-state index in [-0.39, 0.29) is 5.91 Å². The number of nitrogens with one attached hydrogen (secondary N) is 1. The van der Waals surface area contributed by atoms with Crippen molar-refractivity contribution in [2.75, 3.05) is 0 Å². The van der Waals surface area contributed by atoms with Gasteiger partial charge in [-0.2, -0.15) is 5.10 Å². The van der Waals surface area contributed by atoms with Crippen LogP contribution < -0.4 is 5.43 Å². The van der Waals surface area contributed by atoms with Gasteiger partial charge in [0.05, 0.1) is 0 Å². The van der Waals surface area contributed by atoms with E-state index in [1.165, 1.54) is 11.1 Å². The van der Waals surface area contributed by atoms with Crippen molar-refractivity contribution < 1.29 is 4.79 Å². The molecule has 0 saturated carbocycles. The molecule has 2 rings (SSSR count). The Morgan fingerprint density at radius 2 is 1.76 bits per heavy atom. The highest BCUT2D eigenvalue weighted by molar-refractivity contribution is 5.95. The first-order valence-corrected chi connectivity index (χ1v) is 7.01. The molecule has 1 N–H and O–H groups in total. The number of carbonyl (C=O) groups excluding carboxylic acids is 1. The molecule has 2 aromatic carbocycles. The molecular formula is C18H20N2O. The summed E-state index contributed by atoms with van der Waals surface area (Å²) in [6.45, 7) is 5.93. The lowest BCUT2D eigenvalue weighted by atomic mass is 10.1. The molecule has 0 spiro atoms. The molecule has 0 unspecified atom stereocenters. The van der Waals surface area contributed by atoms with Crippen LogP contribution in [0.2, 0.25) is 0 Å². The van der Waals surface area contributed by atoms with Gasteiger partial charge in [0.25, 0.3) is 5.91 Å². The summed E-state index contributed by atoms with van der Waals surface area (Å²) in [5, 5.41) is 4.16. The normalized spacial score (nSPS) is 11.3. The molecule has 0 atom stereocenters. The monoisotopic (exact) mass is 280 g/mol. The molecule has 3 nitrogen and oxygen atoms in total. The SMILES string of the molecule is C/C(Cc1ccccc1)=N\NC(=O)c1ccc(C)c(C)c1. The fourth-order valence-electron chi connectivity index (χ4n) is 2.02. The Kier molecular flexibility index (Phi) is 4.88. The van der Waals surface area contributed by atoms with Gasteiger partial charge in [0, 0.05) is 17.7 Å². The second kappa shape index (κ2) is 6.84. The van der Waals surface area contributed by atoms with Crippen LogP contribution in [-0.4, -0.2) is 11.6 Å². The van der Waals surface area contributed by atoms with E-state index in [1.807, 2.05) is 69.3 Å². The summed E-state index contributed by atoms with van der Waals surface area (Å²) in [6, 6.07) is 15.7. The number of amides is 1. The predicted octanol–water partition coefficient (Wildman–Crippen LogP) is 3.65. The van der Waals surface area contributed by atoms with Crippen molar-refractivity contribution in [2.24, 2.45) is 5.10 Å². The van der Waals surface area contributed by atoms with E-state index in [9.17, 15) is 4.79 Å². The number of rotatable bonds is 4. The van der Waals surface area contributed by atoms with Gasteiger partial charge in [-0.15, -0.1) is 0 Å². The number of aryl methyl sites for hydroxylation is 2. The predicted molar refractivity (Wildman–Crippen MR) is 86.6 cm³/mol. The maximum absolute atomic E-state index is 12.0. The minimum Gasteiger partial charge on any atom is -0.267 e. The van der Waals surface area contributed by atoms with Crippen molar-refractivity contribution in [3.05, 3.63) is 70.8 Å². The summed E-state index contributed by atoms with van der Waals surface area (Å²) < 4.78 is 0. The van der Waals surface area contributed by atoms with Crippen LogP contribution in [0.3, 0.4) is 0 Å². The Hall–Kier alpha value is -2.42. The first-order chi connectivity index (χ1) is 10.1. The fraction of sp³-hybridized carbons (Fsp3) is 0.222. The Bertz CT molecular complexity index is 660. The molecule has 108 valence electrons. The third-order valence-electron chi connectivity index (χ3n) is 3.42. The van der Waals surface area contributed by atoms with Gasteiger partial charge < -0.3 is 0 Å². The third-order valence-corrected chi connectivity index (χ3v) is 3.42. The lowest BCUT2D eigenvalue weighted by molar-refractivity contribution is 0.0954. The molecular weight excluding hydrogens is 260 g/mol. The van der Waals surface area contributed by atoms with Crippen LogP contribution in [0.4, 0.5) is 0 Å². The molecule has 3 heteroatoms. The molecule has 1 amide bonds. The zero-order valence-corrected chi connectivity index (χ0v) is 12.7. The maximum atomic E-state index is 12.0. The summed E-state index contributed by atoms with van der Waals surface area (Å²) >= 11 is 0. The number of hydrogen-bond acceptors (Lipinski definition) is 2. The van der Waals surface area contributed by atoms with E-state index in [4.69, 9.17) is 0 Å². The number of hydrogen-bond donors (Lipinski definition) is 1. The Morgan fingerprint density at radius 1 is 1.05 bits per heavy atom. The van der Waals surface area contributed by atoms with E-state index in [1.54, 1.807) is 0 Å². The first-order valence-electron chi connectivity index (χ1n) is 7.01. The van der Waals surface area contributed by atoms with E-state index < -0.39 is 0 Å². The number of hydrazone groups is 1. The average molecular weight is 280 g/mol. The summed E-state index contributed by atoms with van der Waals surface area (Å²) in [5.74, 6) is -0.175.